The second kappa shape index (κ2) is 9.35. The molecule has 0 aliphatic carbocycles. The van der Waals surface area contributed by atoms with Gasteiger partial charge < -0.3 is 15.0 Å². The number of anilines is 2. The first-order chi connectivity index (χ1) is 13.9. The summed E-state index contributed by atoms with van der Waals surface area (Å²) in [6, 6.07) is 7.67. The molecule has 0 aliphatic rings. The molecular weight excluding hydrogens is 416 g/mol. The Bertz CT molecular complexity index is 1080. The van der Waals surface area contributed by atoms with E-state index in [0.717, 1.165) is 0 Å². The van der Waals surface area contributed by atoms with Crippen molar-refractivity contribution >= 4 is 45.6 Å². The Labute approximate surface area is 174 Å². The predicted molar refractivity (Wildman–Crippen MR) is 112 cm³/mol. The molecule has 3 N–H and O–H groups in total. The number of carbonyl (C=O) groups is 2. The standard InChI is InChI=1S/C19H17ClN4O4S/c1-28-15-5-3-12(20)8-14(15)23-17(26)7-4-13-10-29-19(22-13)24-18(27)11-2-6-16(25)21-9-11/h2-3,5-6,8-10H,4,7H2,1H3,(H,21,25)(H,23,26)(H,22,24,27). The maximum atomic E-state index is 12.2. The van der Waals surface area contributed by atoms with Crippen molar-refractivity contribution in [2.45, 2.75) is 12.8 Å². The SMILES string of the molecule is COc1ccc(Cl)cc1NC(=O)CCc1csc(NC(=O)c2ccc(=O)[nH]c2)n1. The minimum Gasteiger partial charge on any atom is -0.495 e. The first-order valence-electron chi connectivity index (χ1n) is 8.52. The van der Waals surface area contributed by atoms with Gasteiger partial charge in [-0.15, -0.1) is 11.3 Å². The maximum Gasteiger partial charge on any atom is 0.258 e. The van der Waals surface area contributed by atoms with Crippen LogP contribution in [0.3, 0.4) is 0 Å². The molecule has 29 heavy (non-hydrogen) atoms. The number of H-pyrrole nitrogens is 1. The number of pyridine rings is 1. The molecule has 0 spiro atoms. The van der Waals surface area contributed by atoms with E-state index in [9.17, 15) is 14.4 Å². The van der Waals surface area contributed by atoms with E-state index in [1.54, 1.807) is 23.6 Å². The van der Waals surface area contributed by atoms with Crippen molar-refractivity contribution in [3.05, 3.63) is 68.5 Å². The lowest BCUT2D eigenvalue weighted by Gasteiger charge is -2.10. The lowest BCUT2D eigenvalue weighted by atomic mass is 10.2. The summed E-state index contributed by atoms with van der Waals surface area (Å²) < 4.78 is 5.20. The molecule has 8 nitrogen and oxygen atoms in total. The quantitative estimate of drug-likeness (QED) is 0.530. The van der Waals surface area contributed by atoms with Crippen LogP contribution < -0.4 is 20.9 Å². The number of hydrogen-bond donors (Lipinski definition) is 3. The van der Waals surface area contributed by atoms with Crippen LogP contribution in [0.2, 0.25) is 5.02 Å². The number of halogens is 1. The first kappa shape index (κ1) is 20.6. The van der Waals surface area contributed by atoms with Crippen LogP contribution in [0.5, 0.6) is 5.75 Å². The maximum absolute atomic E-state index is 12.2. The number of thiazole rings is 1. The van der Waals surface area contributed by atoms with Crippen molar-refractivity contribution in [2.75, 3.05) is 17.7 Å². The van der Waals surface area contributed by atoms with Gasteiger partial charge in [0, 0.05) is 29.1 Å². The van der Waals surface area contributed by atoms with Gasteiger partial charge >= 0.3 is 0 Å². The number of hydrogen-bond acceptors (Lipinski definition) is 6. The lowest BCUT2D eigenvalue weighted by molar-refractivity contribution is -0.116. The fourth-order valence-electron chi connectivity index (χ4n) is 2.43. The number of ether oxygens (including phenoxy) is 1. The Morgan fingerprint density at radius 2 is 2.07 bits per heavy atom. The van der Waals surface area contributed by atoms with Crippen molar-refractivity contribution in [2.24, 2.45) is 0 Å². The topological polar surface area (TPSA) is 113 Å². The molecule has 0 radical (unpaired) electrons. The summed E-state index contributed by atoms with van der Waals surface area (Å²) >= 11 is 7.21. The van der Waals surface area contributed by atoms with E-state index in [0.29, 0.717) is 39.3 Å². The molecule has 0 saturated heterocycles. The summed E-state index contributed by atoms with van der Waals surface area (Å²) in [7, 11) is 1.51. The highest BCUT2D eigenvalue weighted by Gasteiger charge is 2.12. The van der Waals surface area contributed by atoms with E-state index in [-0.39, 0.29) is 23.8 Å². The molecule has 2 aromatic heterocycles. The van der Waals surface area contributed by atoms with Crippen molar-refractivity contribution in [1.82, 2.24) is 9.97 Å². The van der Waals surface area contributed by atoms with Crippen molar-refractivity contribution in [3.8, 4) is 5.75 Å². The zero-order valence-electron chi connectivity index (χ0n) is 15.3. The number of nitrogens with one attached hydrogen (secondary N) is 3. The number of amides is 2. The Balaban J connectivity index is 1.54. The molecule has 2 amide bonds. The van der Waals surface area contributed by atoms with Gasteiger partial charge in [-0.05, 0) is 30.7 Å². The summed E-state index contributed by atoms with van der Waals surface area (Å²) in [6.45, 7) is 0. The Hall–Kier alpha value is -3.17. The molecule has 1 aromatic carbocycles. The van der Waals surface area contributed by atoms with E-state index in [1.165, 1.54) is 36.8 Å². The smallest absolute Gasteiger partial charge is 0.258 e. The number of carbonyl (C=O) groups excluding carboxylic acids is 2. The summed E-state index contributed by atoms with van der Waals surface area (Å²) in [5.41, 5.74) is 1.21. The molecule has 0 bridgehead atoms. The number of benzene rings is 1. The van der Waals surface area contributed by atoms with E-state index < -0.39 is 0 Å². The average molecular weight is 433 g/mol. The van der Waals surface area contributed by atoms with Crippen LogP contribution in [-0.4, -0.2) is 28.9 Å². The van der Waals surface area contributed by atoms with Crippen LogP contribution in [0.15, 0.2) is 46.7 Å². The van der Waals surface area contributed by atoms with Crippen LogP contribution in [0.1, 0.15) is 22.5 Å². The Morgan fingerprint density at radius 3 is 2.79 bits per heavy atom. The van der Waals surface area contributed by atoms with Crippen LogP contribution in [-0.2, 0) is 11.2 Å². The van der Waals surface area contributed by atoms with Crippen molar-refractivity contribution in [3.63, 3.8) is 0 Å². The average Bonchev–Trinajstić information content (AvgIpc) is 3.14. The normalized spacial score (nSPS) is 10.4. The zero-order valence-corrected chi connectivity index (χ0v) is 16.9. The van der Waals surface area contributed by atoms with Gasteiger partial charge in [-0.25, -0.2) is 4.98 Å². The molecule has 2 heterocycles. The number of methoxy groups -OCH3 is 1. The van der Waals surface area contributed by atoms with E-state index in [2.05, 4.69) is 20.6 Å². The van der Waals surface area contributed by atoms with Crippen molar-refractivity contribution < 1.29 is 14.3 Å². The van der Waals surface area contributed by atoms with Crippen LogP contribution >= 0.6 is 22.9 Å². The van der Waals surface area contributed by atoms with Crippen LogP contribution in [0, 0.1) is 0 Å². The van der Waals surface area contributed by atoms with Gasteiger partial charge in [0.1, 0.15) is 5.75 Å². The number of nitrogens with zero attached hydrogens (tertiary/aromatic N) is 1. The van der Waals surface area contributed by atoms with E-state index in [1.807, 2.05) is 0 Å². The largest absolute Gasteiger partial charge is 0.495 e. The molecule has 0 atom stereocenters. The van der Waals surface area contributed by atoms with E-state index in [4.69, 9.17) is 16.3 Å². The second-order valence-electron chi connectivity index (χ2n) is 5.93. The molecule has 10 heteroatoms. The molecule has 0 saturated carbocycles. The van der Waals surface area contributed by atoms with Gasteiger partial charge in [0.15, 0.2) is 5.13 Å². The molecule has 3 aromatic rings. The molecule has 3 rings (SSSR count). The third kappa shape index (κ3) is 5.66. The molecule has 0 aliphatic heterocycles. The van der Waals surface area contributed by atoms with Crippen LogP contribution in [0.4, 0.5) is 10.8 Å². The minimum atomic E-state index is -0.382. The minimum absolute atomic E-state index is 0.201. The first-order valence-corrected chi connectivity index (χ1v) is 9.78. The molecule has 150 valence electrons. The monoisotopic (exact) mass is 432 g/mol. The Kier molecular flexibility index (Phi) is 6.63. The van der Waals surface area contributed by atoms with Gasteiger partial charge in [-0.1, -0.05) is 11.6 Å². The molecule has 0 fully saturated rings. The van der Waals surface area contributed by atoms with Gasteiger partial charge in [0.05, 0.1) is 24.1 Å². The number of aromatic amines is 1. The van der Waals surface area contributed by atoms with Crippen molar-refractivity contribution in [1.29, 1.82) is 0 Å². The predicted octanol–water partition coefficient (Wildman–Crippen LogP) is 3.32. The number of aromatic nitrogens is 2. The number of aryl methyl sites for hydroxylation is 1. The fourth-order valence-corrected chi connectivity index (χ4v) is 3.34. The lowest BCUT2D eigenvalue weighted by Crippen LogP contribution is -2.14. The van der Waals surface area contributed by atoms with Gasteiger partial charge in [-0.2, -0.15) is 0 Å². The summed E-state index contributed by atoms with van der Waals surface area (Å²) in [5.74, 6) is -0.0750. The van der Waals surface area contributed by atoms with Gasteiger partial charge in [-0.3, -0.25) is 19.7 Å². The highest BCUT2D eigenvalue weighted by Crippen LogP contribution is 2.28. The highest BCUT2D eigenvalue weighted by atomic mass is 35.5. The van der Waals surface area contributed by atoms with Gasteiger partial charge in [0.2, 0.25) is 11.5 Å². The summed E-state index contributed by atoms with van der Waals surface area (Å²) in [4.78, 5) is 42.2. The van der Waals surface area contributed by atoms with Gasteiger partial charge in [0.25, 0.3) is 5.91 Å². The number of rotatable bonds is 7. The summed E-state index contributed by atoms with van der Waals surface area (Å²) in [5, 5.41) is 8.10. The highest BCUT2D eigenvalue weighted by molar-refractivity contribution is 7.14. The third-order valence-electron chi connectivity index (χ3n) is 3.86. The molecule has 0 unspecified atom stereocenters. The Morgan fingerprint density at radius 1 is 1.24 bits per heavy atom. The third-order valence-corrected chi connectivity index (χ3v) is 4.90. The summed E-state index contributed by atoms with van der Waals surface area (Å²) in [6.07, 6.45) is 1.94. The van der Waals surface area contributed by atoms with E-state index >= 15 is 0 Å². The fraction of sp³-hybridized carbons (Fsp3) is 0.158. The second-order valence-corrected chi connectivity index (χ2v) is 7.23. The van der Waals surface area contributed by atoms with Crippen LogP contribution in [0.25, 0.3) is 0 Å². The molecular formula is C19H17ClN4O4S. The zero-order chi connectivity index (χ0) is 20.8.